The number of aldehydes is 1. The molecule has 0 bridgehead atoms. The first kappa shape index (κ1) is 12.6. The molecule has 0 aliphatic carbocycles. The molecule has 0 heterocycles. The standard InChI is InChI=1S/C12H10O5/c13-7-9(10(11(14)15)12(16)17)6-8-4-2-1-3-5-8/h1-7,10H,(H,14,15)(H,16,17)/b9-6+. The van der Waals surface area contributed by atoms with E-state index < -0.39 is 17.9 Å². The molecule has 5 heteroatoms. The van der Waals surface area contributed by atoms with Gasteiger partial charge in [-0.25, -0.2) is 0 Å². The largest absolute Gasteiger partial charge is 0.480 e. The first-order chi connectivity index (χ1) is 8.06. The molecule has 0 fully saturated rings. The molecule has 1 aromatic rings. The van der Waals surface area contributed by atoms with Gasteiger partial charge in [0.25, 0.3) is 0 Å². The minimum Gasteiger partial charge on any atom is -0.480 e. The van der Waals surface area contributed by atoms with Crippen LogP contribution in [0.2, 0.25) is 0 Å². The third-order valence-electron chi connectivity index (χ3n) is 2.10. The van der Waals surface area contributed by atoms with Crippen molar-refractivity contribution >= 4 is 24.3 Å². The molecule has 0 unspecified atom stereocenters. The van der Waals surface area contributed by atoms with Crippen molar-refractivity contribution in [2.45, 2.75) is 0 Å². The van der Waals surface area contributed by atoms with Gasteiger partial charge in [0.1, 0.15) is 6.29 Å². The predicted molar refractivity (Wildman–Crippen MR) is 59.2 cm³/mol. The van der Waals surface area contributed by atoms with Crippen LogP contribution in [0.3, 0.4) is 0 Å². The Bertz CT molecular complexity index is 447. The van der Waals surface area contributed by atoms with Crippen molar-refractivity contribution in [3.8, 4) is 0 Å². The Morgan fingerprint density at radius 1 is 1.06 bits per heavy atom. The van der Waals surface area contributed by atoms with Gasteiger partial charge >= 0.3 is 11.9 Å². The molecule has 0 saturated heterocycles. The highest BCUT2D eigenvalue weighted by atomic mass is 16.4. The van der Waals surface area contributed by atoms with Gasteiger partial charge in [0, 0.05) is 5.57 Å². The third kappa shape index (κ3) is 3.27. The van der Waals surface area contributed by atoms with E-state index in [9.17, 15) is 14.4 Å². The van der Waals surface area contributed by atoms with Gasteiger partial charge in [0.15, 0.2) is 5.92 Å². The highest BCUT2D eigenvalue weighted by molar-refractivity contribution is 6.04. The lowest BCUT2D eigenvalue weighted by Crippen LogP contribution is -2.26. The molecule has 1 aromatic carbocycles. The third-order valence-corrected chi connectivity index (χ3v) is 2.10. The molecular formula is C12H10O5. The van der Waals surface area contributed by atoms with Crippen molar-refractivity contribution in [3.63, 3.8) is 0 Å². The Kier molecular flexibility index (Phi) is 4.16. The molecule has 0 atom stereocenters. The SMILES string of the molecule is O=C/C(=C\c1ccccc1)C(C(=O)O)C(=O)O. The fraction of sp³-hybridized carbons (Fsp3) is 0.0833. The average molecular weight is 234 g/mol. The van der Waals surface area contributed by atoms with Gasteiger partial charge in [-0.3, -0.25) is 14.4 Å². The van der Waals surface area contributed by atoms with Gasteiger partial charge in [-0.15, -0.1) is 0 Å². The zero-order valence-corrected chi connectivity index (χ0v) is 8.74. The van der Waals surface area contributed by atoms with E-state index >= 15 is 0 Å². The summed E-state index contributed by atoms with van der Waals surface area (Å²) < 4.78 is 0. The van der Waals surface area contributed by atoms with Crippen molar-refractivity contribution in [2.24, 2.45) is 5.92 Å². The lowest BCUT2D eigenvalue weighted by Gasteiger charge is -2.06. The monoisotopic (exact) mass is 234 g/mol. The van der Waals surface area contributed by atoms with E-state index in [2.05, 4.69) is 0 Å². The number of carboxylic acids is 2. The summed E-state index contributed by atoms with van der Waals surface area (Å²) >= 11 is 0. The second-order valence-electron chi connectivity index (χ2n) is 3.28. The fourth-order valence-corrected chi connectivity index (χ4v) is 1.32. The number of hydrogen-bond donors (Lipinski definition) is 2. The molecule has 0 aromatic heterocycles. The maximum atomic E-state index is 10.8. The van der Waals surface area contributed by atoms with Crippen LogP contribution in [0.1, 0.15) is 5.56 Å². The highest BCUT2D eigenvalue weighted by Crippen LogP contribution is 2.14. The second kappa shape index (κ2) is 5.60. The van der Waals surface area contributed by atoms with Crippen LogP contribution in [0.15, 0.2) is 35.9 Å². The number of rotatable bonds is 5. The molecule has 0 amide bonds. The minimum absolute atomic E-state index is 0.250. The van der Waals surface area contributed by atoms with E-state index in [4.69, 9.17) is 10.2 Å². The Morgan fingerprint density at radius 3 is 2.00 bits per heavy atom. The Morgan fingerprint density at radius 2 is 1.59 bits per heavy atom. The fourth-order valence-electron chi connectivity index (χ4n) is 1.32. The van der Waals surface area contributed by atoms with Crippen LogP contribution >= 0.6 is 0 Å². The Balaban J connectivity index is 3.14. The molecule has 0 radical (unpaired) electrons. The maximum Gasteiger partial charge on any atom is 0.322 e. The zero-order chi connectivity index (χ0) is 12.8. The normalized spacial score (nSPS) is 11.2. The van der Waals surface area contributed by atoms with Gasteiger partial charge in [-0.1, -0.05) is 30.3 Å². The van der Waals surface area contributed by atoms with E-state index in [-0.39, 0.29) is 11.9 Å². The summed E-state index contributed by atoms with van der Waals surface area (Å²) in [7, 11) is 0. The van der Waals surface area contributed by atoms with Crippen molar-refractivity contribution in [3.05, 3.63) is 41.5 Å². The molecule has 17 heavy (non-hydrogen) atoms. The topological polar surface area (TPSA) is 91.7 Å². The summed E-state index contributed by atoms with van der Waals surface area (Å²) in [6.45, 7) is 0. The van der Waals surface area contributed by atoms with Crippen LogP contribution in [-0.4, -0.2) is 28.4 Å². The number of carbonyl (C=O) groups excluding carboxylic acids is 1. The average Bonchev–Trinajstić information content (AvgIpc) is 2.28. The molecule has 2 N–H and O–H groups in total. The van der Waals surface area contributed by atoms with Crippen LogP contribution in [-0.2, 0) is 14.4 Å². The summed E-state index contributed by atoms with van der Waals surface area (Å²) in [6.07, 6.45) is 1.50. The molecule has 0 aliphatic rings. The lowest BCUT2D eigenvalue weighted by atomic mass is 9.98. The summed E-state index contributed by atoms with van der Waals surface area (Å²) in [5.74, 6) is -4.97. The summed E-state index contributed by atoms with van der Waals surface area (Å²) in [4.78, 5) is 32.3. The molecule has 0 saturated carbocycles. The van der Waals surface area contributed by atoms with E-state index in [1.807, 2.05) is 0 Å². The van der Waals surface area contributed by atoms with E-state index in [0.717, 1.165) is 0 Å². The predicted octanol–water partition coefficient (Wildman–Crippen LogP) is 1.05. The van der Waals surface area contributed by atoms with Crippen molar-refractivity contribution < 1.29 is 24.6 Å². The number of benzene rings is 1. The summed E-state index contributed by atoms with van der Waals surface area (Å²) in [5.41, 5.74) is 0.276. The zero-order valence-electron chi connectivity index (χ0n) is 8.74. The molecular weight excluding hydrogens is 224 g/mol. The smallest absolute Gasteiger partial charge is 0.322 e. The first-order valence-corrected chi connectivity index (χ1v) is 4.73. The molecule has 1 rings (SSSR count). The van der Waals surface area contributed by atoms with Crippen molar-refractivity contribution in [2.75, 3.05) is 0 Å². The molecule has 88 valence electrons. The van der Waals surface area contributed by atoms with Gasteiger partial charge in [0.2, 0.25) is 0 Å². The quantitative estimate of drug-likeness (QED) is 0.451. The molecule has 0 aliphatic heterocycles. The van der Waals surface area contributed by atoms with Gasteiger partial charge in [-0.2, -0.15) is 0 Å². The van der Waals surface area contributed by atoms with Crippen LogP contribution < -0.4 is 0 Å². The van der Waals surface area contributed by atoms with Crippen molar-refractivity contribution in [1.82, 2.24) is 0 Å². The van der Waals surface area contributed by atoms with Gasteiger partial charge < -0.3 is 10.2 Å². The molecule has 0 spiro atoms. The highest BCUT2D eigenvalue weighted by Gasteiger charge is 2.29. The number of carbonyl (C=O) groups is 3. The Hall–Kier alpha value is -2.43. The minimum atomic E-state index is -1.84. The van der Waals surface area contributed by atoms with Crippen LogP contribution in [0.5, 0.6) is 0 Å². The molecule has 5 nitrogen and oxygen atoms in total. The summed E-state index contributed by atoms with van der Waals surface area (Å²) in [6, 6.07) is 8.44. The van der Waals surface area contributed by atoms with Crippen molar-refractivity contribution in [1.29, 1.82) is 0 Å². The lowest BCUT2D eigenvalue weighted by molar-refractivity contribution is -0.152. The summed E-state index contributed by atoms with van der Waals surface area (Å²) in [5, 5.41) is 17.5. The van der Waals surface area contributed by atoms with Gasteiger partial charge in [0.05, 0.1) is 0 Å². The number of aliphatic carboxylic acids is 2. The number of carboxylic acid groups (broad SMARTS) is 2. The van der Waals surface area contributed by atoms with Crippen LogP contribution in [0, 0.1) is 5.92 Å². The van der Waals surface area contributed by atoms with Gasteiger partial charge in [-0.05, 0) is 11.6 Å². The van der Waals surface area contributed by atoms with Crippen LogP contribution in [0.4, 0.5) is 0 Å². The number of hydrogen-bond acceptors (Lipinski definition) is 3. The first-order valence-electron chi connectivity index (χ1n) is 4.73. The van der Waals surface area contributed by atoms with E-state index in [1.165, 1.54) is 6.08 Å². The van der Waals surface area contributed by atoms with E-state index in [0.29, 0.717) is 5.56 Å². The Labute approximate surface area is 97.0 Å². The maximum absolute atomic E-state index is 10.8. The van der Waals surface area contributed by atoms with E-state index in [1.54, 1.807) is 30.3 Å². The second-order valence-corrected chi connectivity index (χ2v) is 3.28. The van der Waals surface area contributed by atoms with Crippen LogP contribution in [0.25, 0.3) is 6.08 Å².